The second kappa shape index (κ2) is 3.30. The van der Waals surface area contributed by atoms with Gasteiger partial charge in [-0.05, 0) is 24.6 Å². The fourth-order valence-corrected chi connectivity index (χ4v) is 2.06. The lowest BCUT2D eigenvalue weighted by Crippen LogP contribution is -1.98. The average molecular weight is 218 g/mol. The highest BCUT2D eigenvalue weighted by atomic mass is 19.1. The molecular formula is C11H11FN4. The van der Waals surface area contributed by atoms with Crippen LogP contribution in [0.15, 0.2) is 18.2 Å². The number of anilines is 1. The van der Waals surface area contributed by atoms with Gasteiger partial charge >= 0.3 is 0 Å². The SMILES string of the molecule is Nc1ccc(-c2nnc3n2CCC3)c(F)c1. The molecule has 0 radical (unpaired) electrons. The van der Waals surface area contributed by atoms with E-state index in [0.29, 0.717) is 17.1 Å². The van der Waals surface area contributed by atoms with Gasteiger partial charge in [0.25, 0.3) is 0 Å². The van der Waals surface area contributed by atoms with E-state index in [1.54, 1.807) is 12.1 Å². The average Bonchev–Trinajstić information content (AvgIpc) is 2.80. The second-order valence-corrected chi connectivity index (χ2v) is 3.93. The van der Waals surface area contributed by atoms with E-state index < -0.39 is 0 Å². The van der Waals surface area contributed by atoms with Crippen LogP contribution in [0.5, 0.6) is 0 Å². The number of nitrogen functional groups attached to an aromatic ring is 1. The quantitative estimate of drug-likeness (QED) is 0.740. The van der Waals surface area contributed by atoms with Gasteiger partial charge in [0.2, 0.25) is 0 Å². The summed E-state index contributed by atoms with van der Waals surface area (Å²) in [6, 6.07) is 4.64. The van der Waals surface area contributed by atoms with Gasteiger partial charge in [-0.3, -0.25) is 0 Å². The Kier molecular flexibility index (Phi) is 1.92. The number of hydrogen-bond donors (Lipinski definition) is 1. The Morgan fingerprint density at radius 3 is 3.00 bits per heavy atom. The highest BCUT2D eigenvalue weighted by Gasteiger charge is 2.20. The lowest BCUT2D eigenvalue weighted by atomic mass is 10.2. The largest absolute Gasteiger partial charge is 0.399 e. The van der Waals surface area contributed by atoms with Gasteiger partial charge < -0.3 is 10.3 Å². The van der Waals surface area contributed by atoms with Crippen molar-refractivity contribution in [2.75, 3.05) is 5.73 Å². The van der Waals surface area contributed by atoms with Crippen LogP contribution in [0.1, 0.15) is 12.2 Å². The molecule has 0 atom stereocenters. The number of hydrogen-bond acceptors (Lipinski definition) is 3. The molecule has 5 heteroatoms. The van der Waals surface area contributed by atoms with Gasteiger partial charge in [-0.2, -0.15) is 0 Å². The minimum Gasteiger partial charge on any atom is -0.399 e. The molecule has 0 amide bonds. The molecule has 0 saturated heterocycles. The van der Waals surface area contributed by atoms with Crippen LogP contribution in [0.3, 0.4) is 0 Å². The first-order chi connectivity index (χ1) is 7.75. The van der Waals surface area contributed by atoms with Crippen molar-refractivity contribution in [3.8, 4) is 11.4 Å². The summed E-state index contributed by atoms with van der Waals surface area (Å²) in [7, 11) is 0. The molecule has 0 fully saturated rings. The van der Waals surface area contributed by atoms with Crippen molar-refractivity contribution in [2.45, 2.75) is 19.4 Å². The lowest BCUT2D eigenvalue weighted by molar-refractivity contribution is 0.627. The Labute approximate surface area is 91.9 Å². The third kappa shape index (κ3) is 1.28. The number of nitrogens with two attached hydrogens (primary N) is 1. The first kappa shape index (κ1) is 9.33. The molecule has 1 aromatic carbocycles. The second-order valence-electron chi connectivity index (χ2n) is 3.93. The molecule has 4 nitrogen and oxygen atoms in total. The maximum Gasteiger partial charge on any atom is 0.166 e. The highest BCUT2D eigenvalue weighted by molar-refractivity contribution is 5.60. The summed E-state index contributed by atoms with van der Waals surface area (Å²) >= 11 is 0. The Bertz CT molecular complexity index is 547. The van der Waals surface area contributed by atoms with Crippen molar-refractivity contribution < 1.29 is 4.39 Å². The Hall–Kier alpha value is -1.91. The van der Waals surface area contributed by atoms with E-state index in [2.05, 4.69) is 10.2 Å². The molecule has 82 valence electrons. The molecule has 2 aromatic rings. The number of aromatic nitrogens is 3. The smallest absolute Gasteiger partial charge is 0.166 e. The Balaban J connectivity index is 2.15. The number of nitrogens with zero attached hydrogens (tertiary/aromatic N) is 3. The number of halogens is 1. The summed E-state index contributed by atoms with van der Waals surface area (Å²) in [5, 5.41) is 8.08. The molecule has 0 aliphatic carbocycles. The van der Waals surface area contributed by atoms with Crippen LogP contribution in [-0.2, 0) is 13.0 Å². The van der Waals surface area contributed by atoms with E-state index in [9.17, 15) is 4.39 Å². The lowest BCUT2D eigenvalue weighted by Gasteiger charge is -2.04. The summed E-state index contributed by atoms with van der Waals surface area (Å²) in [4.78, 5) is 0. The van der Waals surface area contributed by atoms with Gasteiger partial charge in [0.05, 0.1) is 5.56 Å². The van der Waals surface area contributed by atoms with Crippen LogP contribution in [-0.4, -0.2) is 14.8 Å². The van der Waals surface area contributed by atoms with Crippen LogP contribution >= 0.6 is 0 Å². The molecule has 1 aromatic heterocycles. The maximum absolute atomic E-state index is 13.7. The van der Waals surface area contributed by atoms with Crippen LogP contribution < -0.4 is 5.73 Å². The predicted molar refractivity (Wildman–Crippen MR) is 58.1 cm³/mol. The molecule has 1 aliphatic heterocycles. The van der Waals surface area contributed by atoms with Crippen molar-refractivity contribution in [2.24, 2.45) is 0 Å². The molecule has 16 heavy (non-hydrogen) atoms. The molecule has 3 rings (SSSR count). The minimum atomic E-state index is -0.345. The zero-order valence-corrected chi connectivity index (χ0v) is 8.65. The normalized spacial score (nSPS) is 14.1. The van der Waals surface area contributed by atoms with Crippen LogP contribution in [0, 0.1) is 5.82 Å². The standard InChI is InChI=1S/C11H11FN4/c12-9-6-7(13)3-4-8(9)11-15-14-10-2-1-5-16(10)11/h3-4,6H,1-2,5,13H2. The van der Waals surface area contributed by atoms with Gasteiger partial charge in [0.1, 0.15) is 11.6 Å². The minimum absolute atomic E-state index is 0.345. The molecule has 2 heterocycles. The van der Waals surface area contributed by atoms with Gasteiger partial charge in [-0.15, -0.1) is 10.2 Å². The monoisotopic (exact) mass is 218 g/mol. The van der Waals surface area contributed by atoms with Crippen molar-refractivity contribution in [3.63, 3.8) is 0 Å². The third-order valence-corrected chi connectivity index (χ3v) is 2.84. The van der Waals surface area contributed by atoms with Crippen LogP contribution in [0.2, 0.25) is 0 Å². The number of fused-ring (bicyclic) bond motifs is 1. The topological polar surface area (TPSA) is 56.7 Å². The van der Waals surface area contributed by atoms with Crippen molar-refractivity contribution >= 4 is 5.69 Å². The van der Waals surface area contributed by atoms with Crippen molar-refractivity contribution in [1.82, 2.24) is 14.8 Å². The Morgan fingerprint density at radius 1 is 1.31 bits per heavy atom. The van der Waals surface area contributed by atoms with Gasteiger partial charge in [0, 0.05) is 18.7 Å². The number of rotatable bonds is 1. The molecule has 0 unspecified atom stereocenters. The summed E-state index contributed by atoms with van der Waals surface area (Å²) in [6.07, 6.45) is 1.97. The molecule has 0 saturated carbocycles. The summed E-state index contributed by atoms with van der Waals surface area (Å²) in [5.74, 6) is 1.19. The fraction of sp³-hybridized carbons (Fsp3) is 0.273. The zero-order valence-electron chi connectivity index (χ0n) is 8.65. The first-order valence-electron chi connectivity index (χ1n) is 5.23. The summed E-state index contributed by atoms with van der Waals surface area (Å²) in [6.45, 7) is 0.863. The fourth-order valence-electron chi connectivity index (χ4n) is 2.06. The summed E-state index contributed by atoms with van der Waals surface area (Å²) < 4.78 is 15.7. The van der Waals surface area contributed by atoms with E-state index in [1.807, 2.05) is 4.57 Å². The number of benzene rings is 1. The van der Waals surface area contributed by atoms with E-state index >= 15 is 0 Å². The van der Waals surface area contributed by atoms with Crippen LogP contribution in [0.25, 0.3) is 11.4 Å². The van der Waals surface area contributed by atoms with Gasteiger partial charge in [-0.1, -0.05) is 0 Å². The molecule has 0 bridgehead atoms. The maximum atomic E-state index is 13.7. The van der Waals surface area contributed by atoms with E-state index in [4.69, 9.17) is 5.73 Å². The van der Waals surface area contributed by atoms with Crippen molar-refractivity contribution in [3.05, 3.63) is 29.8 Å². The van der Waals surface area contributed by atoms with E-state index in [1.165, 1.54) is 6.07 Å². The van der Waals surface area contributed by atoms with E-state index in [-0.39, 0.29) is 5.82 Å². The number of aryl methyl sites for hydroxylation is 1. The van der Waals surface area contributed by atoms with E-state index in [0.717, 1.165) is 25.2 Å². The predicted octanol–water partition coefficient (Wildman–Crippen LogP) is 1.61. The van der Waals surface area contributed by atoms with Crippen LogP contribution in [0.4, 0.5) is 10.1 Å². The molecular weight excluding hydrogens is 207 g/mol. The molecule has 2 N–H and O–H groups in total. The first-order valence-corrected chi connectivity index (χ1v) is 5.23. The third-order valence-electron chi connectivity index (χ3n) is 2.84. The molecule has 1 aliphatic rings. The zero-order chi connectivity index (χ0) is 11.1. The van der Waals surface area contributed by atoms with Gasteiger partial charge in [0.15, 0.2) is 5.82 Å². The Morgan fingerprint density at radius 2 is 2.19 bits per heavy atom. The highest BCUT2D eigenvalue weighted by Crippen LogP contribution is 2.26. The summed E-state index contributed by atoms with van der Waals surface area (Å²) in [5.41, 5.74) is 6.40. The molecule has 0 spiro atoms. The van der Waals surface area contributed by atoms with Gasteiger partial charge in [-0.25, -0.2) is 4.39 Å². The van der Waals surface area contributed by atoms with Crippen molar-refractivity contribution in [1.29, 1.82) is 0 Å².